The molecule has 0 heterocycles. The normalized spacial score (nSPS) is 13.3. The number of benzene rings is 1. The van der Waals surface area contributed by atoms with Crippen molar-refractivity contribution in [2.45, 2.75) is 57.0 Å². The summed E-state index contributed by atoms with van der Waals surface area (Å²) in [5, 5.41) is 3.04. The van der Waals surface area contributed by atoms with E-state index in [1.807, 2.05) is 26.1 Å². The van der Waals surface area contributed by atoms with E-state index in [1.165, 1.54) is 0 Å². The Morgan fingerprint density at radius 2 is 2.00 bits per heavy atom. The average molecular weight is 377 g/mol. The van der Waals surface area contributed by atoms with Crippen molar-refractivity contribution < 1.29 is 8.42 Å². The van der Waals surface area contributed by atoms with Gasteiger partial charge in [0.05, 0.1) is 4.90 Å². The lowest BCUT2D eigenvalue weighted by Gasteiger charge is -2.15. The largest absolute Gasteiger partial charge is 0.316 e. The fourth-order valence-corrected chi connectivity index (χ4v) is 4.57. The van der Waals surface area contributed by atoms with E-state index >= 15 is 0 Å². The van der Waals surface area contributed by atoms with Gasteiger partial charge in [-0.2, -0.15) is 0 Å². The van der Waals surface area contributed by atoms with Gasteiger partial charge >= 0.3 is 0 Å². The van der Waals surface area contributed by atoms with Crippen LogP contribution >= 0.6 is 15.9 Å². The van der Waals surface area contributed by atoms with Gasteiger partial charge in [0.2, 0.25) is 10.0 Å². The Kier molecular flexibility index (Phi) is 7.87. The third-order valence-electron chi connectivity index (χ3n) is 3.26. The molecule has 0 aliphatic heterocycles. The highest BCUT2D eigenvalue weighted by Crippen LogP contribution is 2.23. The number of sulfonamides is 1. The van der Waals surface area contributed by atoms with Gasteiger partial charge in [0.1, 0.15) is 0 Å². The molecule has 1 atom stereocenters. The summed E-state index contributed by atoms with van der Waals surface area (Å²) in [5.74, 6) is 0. The number of hydrogen-bond acceptors (Lipinski definition) is 3. The minimum Gasteiger partial charge on any atom is -0.316 e. The second-order valence-electron chi connectivity index (χ2n) is 5.31. The van der Waals surface area contributed by atoms with E-state index in [0.717, 1.165) is 31.2 Å². The maximum Gasteiger partial charge on any atom is 0.241 e. The molecule has 120 valence electrons. The summed E-state index contributed by atoms with van der Waals surface area (Å²) in [6.07, 6.45) is 4.18. The van der Waals surface area contributed by atoms with Crippen molar-refractivity contribution >= 4 is 26.0 Å². The minimum atomic E-state index is -3.48. The fourth-order valence-electron chi connectivity index (χ4n) is 2.16. The van der Waals surface area contributed by atoms with Crippen molar-refractivity contribution in [2.75, 3.05) is 7.05 Å². The molecule has 0 fully saturated rings. The second kappa shape index (κ2) is 8.88. The van der Waals surface area contributed by atoms with E-state index in [1.54, 1.807) is 6.07 Å². The molecule has 0 aliphatic rings. The maximum absolute atomic E-state index is 12.4. The molecule has 6 heteroatoms. The number of rotatable bonds is 9. The van der Waals surface area contributed by atoms with E-state index in [9.17, 15) is 8.42 Å². The number of halogens is 1. The molecule has 0 aliphatic carbocycles. The zero-order valence-corrected chi connectivity index (χ0v) is 15.4. The molecule has 0 amide bonds. The first-order valence-electron chi connectivity index (χ1n) is 7.36. The molecule has 1 rings (SSSR count). The number of unbranched alkanes of at least 4 members (excludes halogenated alkanes) is 2. The quantitative estimate of drug-likeness (QED) is 0.649. The summed E-state index contributed by atoms with van der Waals surface area (Å²) in [4.78, 5) is 0.296. The molecule has 0 saturated carbocycles. The Labute approximate surface area is 136 Å². The van der Waals surface area contributed by atoms with Crippen molar-refractivity contribution in [1.82, 2.24) is 10.0 Å². The van der Waals surface area contributed by atoms with Gasteiger partial charge in [0.25, 0.3) is 0 Å². The molecule has 1 unspecified atom stereocenters. The van der Waals surface area contributed by atoms with Gasteiger partial charge < -0.3 is 5.32 Å². The lowest BCUT2D eigenvalue weighted by molar-refractivity contribution is 0.527. The Bertz CT molecular complexity index is 547. The Morgan fingerprint density at radius 1 is 1.29 bits per heavy atom. The summed E-state index contributed by atoms with van der Waals surface area (Å²) >= 11 is 3.36. The van der Waals surface area contributed by atoms with Crippen LogP contribution in [0.5, 0.6) is 0 Å². The molecule has 0 bridgehead atoms. The highest BCUT2D eigenvalue weighted by atomic mass is 79.9. The lowest BCUT2D eigenvalue weighted by atomic mass is 10.1. The molecular weight excluding hydrogens is 352 g/mol. The highest BCUT2D eigenvalue weighted by Gasteiger charge is 2.20. The van der Waals surface area contributed by atoms with Gasteiger partial charge in [0, 0.05) is 17.1 Å². The van der Waals surface area contributed by atoms with Crippen molar-refractivity contribution in [2.24, 2.45) is 0 Å². The third kappa shape index (κ3) is 6.06. The van der Waals surface area contributed by atoms with Crippen LogP contribution in [0.1, 0.15) is 45.1 Å². The van der Waals surface area contributed by atoms with Crippen LogP contribution in [0, 0.1) is 0 Å². The number of hydrogen-bond donors (Lipinski definition) is 2. The predicted molar refractivity (Wildman–Crippen MR) is 90.8 cm³/mol. The molecule has 4 nitrogen and oxygen atoms in total. The Hall–Kier alpha value is -0.430. The average Bonchev–Trinajstić information content (AvgIpc) is 2.38. The van der Waals surface area contributed by atoms with Crippen LogP contribution in [0.4, 0.5) is 0 Å². The van der Waals surface area contributed by atoms with Crippen LogP contribution < -0.4 is 10.0 Å². The van der Waals surface area contributed by atoms with Crippen LogP contribution in [-0.4, -0.2) is 21.5 Å². The Balaban J connectivity index is 2.78. The monoisotopic (exact) mass is 376 g/mol. The molecule has 2 N–H and O–H groups in total. The smallest absolute Gasteiger partial charge is 0.241 e. The Morgan fingerprint density at radius 3 is 2.57 bits per heavy atom. The van der Waals surface area contributed by atoms with Crippen LogP contribution in [0.15, 0.2) is 27.6 Å². The van der Waals surface area contributed by atoms with Gasteiger partial charge in [-0.15, -0.1) is 0 Å². The van der Waals surface area contributed by atoms with Gasteiger partial charge in [-0.25, -0.2) is 13.1 Å². The first-order chi connectivity index (χ1) is 9.90. The van der Waals surface area contributed by atoms with Gasteiger partial charge in [-0.05, 0) is 54.0 Å². The summed E-state index contributed by atoms with van der Waals surface area (Å²) in [5.41, 5.74) is 1.04. The van der Waals surface area contributed by atoms with E-state index in [-0.39, 0.29) is 6.04 Å². The van der Waals surface area contributed by atoms with Crippen LogP contribution in [0.3, 0.4) is 0 Å². The second-order valence-corrected chi connectivity index (χ2v) is 7.85. The van der Waals surface area contributed by atoms with Crippen LogP contribution in [0.2, 0.25) is 0 Å². The van der Waals surface area contributed by atoms with E-state index in [0.29, 0.717) is 15.9 Å². The van der Waals surface area contributed by atoms with Gasteiger partial charge in [-0.1, -0.05) is 32.3 Å². The molecule has 1 aromatic rings. The van der Waals surface area contributed by atoms with Crippen molar-refractivity contribution in [3.05, 3.63) is 28.2 Å². The maximum atomic E-state index is 12.4. The molecule has 0 saturated heterocycles. The molecule has 0 spiro atoms. The van der Waals surface area contributed by atoms with E-state index < -0.39 is 10.0 Å². The van der Waals surface area contributed by atoms with E-state index in [2.05, 4.69) is 32.9 Å². The van der Waals surface area contributed by atoms with Crippen molar-refractivity contribution in [3.63, 3.8) is 0 Å². The SMILES string of the molecule is CCCCCC(C)NS(=O)(=O)c1ccc(CNC)cc1Br. The standard InChI is InChI=1S/C15H25BrN2O2S/c1-4-5-6-7-12(2)18-21(19,20)15-9-8-13(11-17-3)10-14(15)16/h8-10,12,17-18H,4-7,11H2,1-3H3. The highest BCUT2D eigenvalue weighted by molar-refractivity contribution is 9.10. The molecule has 21 heavy (non-hydrogen) atoms. The topological polar surface area (TPSA) is 58.2 Å². The van der Waals surface area contributed by atoms with Crippen molar-refractivity contribution in [1.29, 1.82) is 0 Å². The molecule has 0 aromatic heterocycles. The molecule has 0 radical (unpaired) electrons. The van der Waals surface area contributed by atoms with Gasteiger partial charge in [0.15, 0.2) is 0 Å². The minimum absolute atomic E-state index is 0.0505. The van der Waals surface area contributed by atoms with Crippen molar-refractivity contribution in [3.8, 4) is 0 Å². The summed E-state index contributed by atoms with van der Waals surface area (Å²) in [7, 11) is -1.62. The molecule has 1 aromatic carbocycles. The summed E-state index contributed by atoms with van der Waals surface area (Å²) in [6, 6.07) is 5.27. The zero-order valence-electron chi connectivity index (χ0n) is 12.9. The van der Waals surface area contributed by atoms with E-state index in [4.69, 9.17) is 0 Å². The van der Waals surface area contributed by atoms with Crippen LogP contribution in [-0.2, 0) is 16.6 Å². The van der Waals surface area contributed by atoms with Crippen LogP contribution in [0.25, 0.3) is 0 Å². The van der Waals surface area contributed by atoms with Gasteiger partial charge in [-0.3, -0.25) is 0 Å². The fraction of sp³-hybridized carbons (Fsp3) is 0.600. The predicted octanol–water partition coefficient (Wildman–Crippen LogP) is 3.42. The first-order valence-corrected chi connectivity index (χ1v) is 9.63. The summed E-state index contributed by atoms with van der Waals surface area (Å²) in [6.45, 7) is 4.76. The third-order valence-corrected chi connectivity index (χ3v) is 5.83. The number of nitrogens with one attached hydrogen (secondary N) is 2. The summed E-state index contributed by atoms with van der Waals surface area (Å²) < 4.78 is 28.2. The first kappa shape index (κ1) is 18.6. The lowest BCUT2D eigenvalue weighted by Crippen LogP contribution is -2.32. The molecular formula is C15H25BrN2O2S. The zero-order chi connectivity index (χ0) is 15.9.